The first-order valence-electron chi connectivity index (χ1n) is 6.50. The lowest BCUT2D eigenvalue weighted by atomic mass is 10.1. The lowest BCUT2D eigenvalue weighted by molar-refractivity contribution is 0.415. The lowest BCUT2D eigenvalue weighted by Gasteiger charge is -2.04. The van der Waals surface area contributed by atoms with Gasteiger partial charge in [-0.05, 0) is 29.3 Å². The van der Waals surface area contributed by atoms with Gasteiger partial charge >= 0.3 is 0 Å². The number of fused-ring (bicyclic) bond motifs is 1. The van der Waals surface area contributed by atoms with E-state index in [1.807, 2.05) is 30.3 Å². The molecule has 0 aliphatic carbocycles. The fourth-order valence-electron chi connectivity index (χ4n) is 2.25. The average molecular weight is 284 g/mol. The number of hydrogen-bond acceptors (Lipinski definition) is 4. The summed E-state index contributed by atoms with van der Waals surface area (Å²) in [6, 6.07) is 14.2. The fourth-order valence-corrected chi connectivity index (χ4v) is 3.27. The largest absolute Gasteiger partial charge is 0.497 e. The molecule has 3 nitrogen and oxygen atoms in total. The maximum Gasteiger partial charge on any atom is 0.120 e. The van der Waals surface area contributed by atoms with E-state index in [2.05, 4.69) is 17.1 Å². The van der Waals surface area contributed by atoms with Gasteiger partial charge in [0.05, 0.1) is 22.3 Å². The van der Waals surface area contributed by atoms with Gasteiger partial charge < -0.3 is 10.5 Å². The van der Waals surface area contributed by atoms with Crippen LogP contribution >= 0.6 is 11.3 Å². The van der Waals surface area contributed by atoms with Crippen molar-refractivity contribution in [3.8, 4) is 5.75 Å². The molecule has 1 aromatic heterocycles. The van der Waals surface area contributed by atoms with Crippen molar-refractivity contribution in [2.24, 2.45) is 5.73 Å². The first-order valence-corrected chi connectivity index (χ1v) is 7.32. The zero-order valence-corrected chi connectivity index (χ0v) is 12.1. The molecule has 0 aliphatic heterocycles. The average Bonchev–Trinajstić information content (AvgIpc) is 2.89. The summed E-state index contributed by atoms with van der Waals surface area (Å²) in [4.78, 5) is 4.68. The van der Waals surface area contributed by atoms with Crippen LogP contribution in [0.3, 0.4) is 0 Å². The van der Waals surface area contributed by atoms with E-state index < -0.39 is 0 Å². The highest BCUT2D eigenvalue weighted by Gasteiger charge is 2.08. The van der Waals surface area contributed by atoms with Gasteiger partial charge in [0.2, 0.25) is 0 Å². The van der Waals surface area contributed by atoms with Gasteiger partial charge in [-0.2, -0.15) is 0 Å². The normalized spacial score (nSPS) is 10.9. The number of thiazole rings is 1. The molecule has 0 saturated heterocycles. The number of benzene rings is 2. The van der Waals surface area contributed by atoms with Crippen LogP contribution in [-0.2, 0) is 13.0 Å². The van der Waals surface area contributed by atoms with Crippen LogP contribution in [0.2, 0.25) is 0 Å². The van der Waals surface area contributed by atoms with E-state index >= 15 is 0 Å². The Hall–Kier alpha value is -1.91. The SMILES string of the molecule is COc1ccc2nc(Cc3ccccc3CN)sc2c1. The van der Waals surface area contributed by atoms with Crippen molar-refractivity contribution in [2.45, 2.75) is 13.0 Å². The summed E-state index contributed by atoms with van der Waals surface area (Å²) in [5, 5.41) is 1.11. The predicted octanol–water partition coefficient (Wildman–Crippen LogP) is 3.35. The first-order chi connectivity index (χ1) is 9.80. The van der Waals surface area contributed by atoms with Crippen LogP contribution in [0.5, 0.6) is 5.75 Å². The van der Waals surface area contributed by atoms with Crippen LogP contribution in [-0.4, -0.2) is 12.1 Å². The highest BCUT2D eigenvalue weighted by atomic mass is 32.1. The summed E-state index contributed by atoms with van der Waals surface area (Å²) >= 11 is 1.71. The van der Waals surface area contributed by atoms with Crippen molar-refractivity contribution >= 4 is 21.6 Å². The number of rotatable bonds is 4. The van der Waals surface area contributed by atoms with E-state index in [9.17, 15) is 0 Å². The molecule has 0 spiro atoms. The maximum atomic E-state index is 5.78. The van der Waals surface area contributed by atoms with Gasteiger partial charge in [-0.3, -0.25) is 0 Å². The molecule has 2 aromatic carbocycles. The molecule has 0 fully saturated rings. The minimum atomic E-state index is 0.564. The van der Waals surface area contributed by atoms with Gasteiger partial charge in [-0.1, -0.05) is 24.3 Å². The van der Waals surface area contributed by atoms with Crippen molar-refractivity contribution in [1.29, 1.82) is 0 Å². The molecule has 102 valence electrons. The van der Waals surface area contributed by atoms with Crippen molar-refractivity contribution in [1.82, 2.24) is 4.98 Å². The third kappa shape index (κ3) is 2.53. The summed E-state index contributed by atoms with van der Waals surface area (Å²) < 4.78 is 6.41. The Morgan fingerprint density at radius 2 is 1.95 bits per heavy atom. The number of ether oxygens (including phenoxy) is 1. The second-order valence-electron chi connectivity index (χ2n) is 4.59. The van der Waals surface area contributed by atoms with Crippen LogP contribution in [0.1, 0.15) is 16.1 Å². The van der Waals surface area contributed by atoms with Crippen LogP contribution < -0.4 is 10.5 Å². The van der Waals surface area contributed by atoms with Crippen LogP contribution in [0.4, 0.5) is 0 Å². The number of methoxy groups -OCH3 is 1. The quantitative estimate of drug-likeness (QED) is 0.799. The molecule has 3 rings (SSSR count). The van der Waals surface area contributed by atoms with Gasteiger partial charge in [0.1, 0.15) is 5.75 Å². The third-order valence-corrected chi connectivity index (χ3v) is 4.34. The molecule has 2 N–H and O–H groups in total. The standard InChI is InChI=1S/C16H16N2OS/c1-19-13-6-7-14-15(9-13)20-16(18-14)8-11-4-2-3-5-12(11)10-17/h2-7,9H,8,10,17H2,1H3. The molecule has 0 saturated carbocycles. The highest BCUT2D eigenvalue weighted by molar-refractivity contribution is 7.18. The van der Waals surface area contributed by atoms with Gasteiger partial charge in [0.25, 0.3) is 0 Å². The first kappa shape index (κ1) is 13.1. The van der Waals surface area contributed by atoms with Gasteiger partial charge in [-0.15, -0.1) is 11.3 Å². The lowest BCUT2D eigenvalue weighted by Crippen LogP contribution is -2.01. The van der Waals surface area contributed by atoms with Gasteiger partial charge in [0.15, 0.2) is 0 Å². The highest BCUT2D eigenvalue weighted by Crippen LogP contribution is 2.28. The summed E-state index contributed by atoms with van der Waals surface area (Å²) in [7, 11) is 1.68. The van der Waals surface area contributed by atoms with Crippen LogP contribution in [0.15, 0.2) is 42.5 Å². The van der Waals surface area contributed by atoms with Crippen LogP contribution in [0, 0.1) is 0 Å². The van der Waals surface area contributed by atoms with E-state index in [0.29, 0.717) is 6.54 Å². The minimum Gasteiger partial charge on any atom is -0.497 e. The second-order valence-corrected chi connectivity index (χ2v) is 5.71. The number of nitrogens with two attached hydrogens (primary N) is 1. The summed E-state index contributed by atoms with van der Waals surface area (Å²) in [6.07, 6.45) is 0.828. The number of aromatic nitrogens is 1. The van der Waals surface area contributed by atoms with Crippen molar-refractivity contribution in [3.05, 3.63) is 58.6 Å². The van der Waals surface area contributed by atoms with E-state index in [-0.39, 0.29) is 0 Å². The molecule has 1 heterocycles. The van der Waals surface area contributed by atoms with E-state index in [4.69, 9.17) is 10.5 Å². The Morgan fingerprint density at radius 3 is 2.70 bits per heavy atom. The van der Waals surface area contributed by atoms with Gasteiger partial charge in [-0.25, -0.2) is 4.98 Å². The van der Waals surface area contributed by atoms with Crippen molar-refractivity contribution < 1.29 is 4.74 Å². The maximum absolute atomic E-state index is 5.78. The monoisotopic (exact) mass is 284 g/mol. The Bertz CT molecular complexity index is 736. The van der Waals surface area contributed by atoms with E-state index in [1.54, 1.807) is 18.4 Å². The molecule has 4 heteroatoms. The summed E-state index contributed by atoms with van der Waals surface area (Å²) in [5.41, 5.74) is 9.24. The van der Waals surface area contributed by atoms with Crippen molar-refractivity contribution in [2.75, 3.05) is 7.11 Å². The molecule has 0 radical (unpaired) electrons. The Kier molecular flexibility index (Phi) is 3.67. The third-order valence-electron chi connectivity index (χ3n) is 3.32. The molecule has 0 amide bonds. The minimum absolute atomic E-state index is 0.564. The molecule has 0 aliphatic rings. The Labute approximate surface area is 122 Å². The number of nitrogens with zero attached hydrogens (tertiary/aromatic N) is 1. The zero-order chi connectivity index (χ0) is 13.9. The van der Waals surface area contributed by atoms with E-state index in [1.165, 1.54) is 11.1 Å². The zero-order valence-electron chi connectivity index (χ0n) is 11.3. The molecular formula is C16H16N2OS. The smallest absolute Gasteiger partial charge is 0.120 e. The topological polar surface area (TPSA) is 48.1 Å². The van der Waals surface area contributed by atoms with Crippen LogP contribution in [0.25, 0.3) is 10.2 Å². The van der Waals surface area contributed by atoms with Crippen molar-refractivity contribution in [3.63, 3.8) is 0 Å². The molecule has 20 heavy (non-hydrogen) atoms. The molecule has 3 aromatic rings. The molecular weight excluding hydrogens is 268 g/mol. The summed E-state index contributed by atoms with van der Waals surface area (Å²) in [5.74, 6) is 0.870. The molecule has 0 unspecified atom stereocenters. The molecule has 0 atom stereocenters. The number of hydrogen-bond donors (Lipinski definition) is 1. The van der Waals surface area contributed by atoms with E-state index in [0.717, 1.165) is 27.4 Å². The predicted molar refractivity (Wildman–Crippen MR) is 83.3 cm³/mol. The molecule has 0 bridgehead atoms. The Balaban J connectivity index is 1.94. The Morgan fingerprint density at radius 1 is 1.15 bits per heavy atom. The second kappa shape index (κ2) is 5.61. The fraction of sp³-hybridized carbons (Fsp3) is 0.188. The van der Waals surface area contributed by atoms with Gasteiger partial charge in [0, 0.05) is 13.0 Å². The summed E-state index contributed by atoms with van der Waals surface area (Å²) in [6.45, 7) is 0.564.